The van der Waals surface area contributed by atoms with E-state index in [2.05, 4.69) is 10.4 Å². The molecule has 1 saturated heterocycles. The fraction of sp³-hybridized carbons (Fsp3) is 0.444. The number of nitrogens with one attached hydrogen (secondary N) is 1. The second kappa shape index (κ2) is 8.09. The van der Waals surface area contributed by atoms with Gasteiger partial charge in [0.15, 0.2) is 9.84 Å². The summed E-state index contributed by atoms with van der Waals surface area (Å²) in [5, 5.41) is 7.89. The Morgan fingerprint density at radius 2 is 2.04 bits per heavy atom. The molecule has 1 atom stereocenters. The lowest BCUT2D eigenvalue weighted by atomic mass is 10.1. The molecule has 3 rings (SSSR count). The fourth-order valence-corrected chi connectivity index (χ4v) is 4.85. The van der Waals surface area contributed by atoms with E-state index >= 15 is 0 Å². The molecule has 2 aliphatic heterocycles. The molecule has 0 radical (unpaired) electrons. The first-order chi connectivity index (χ1) is 13.3. The van der Waals surface area contributed by atoms with E-state index in [1.807, 2.05) is 0 Å². The highest BCUT2D eigenvalue weighted by Gasteiger charge is 2.37. The van der Waals surface area contributed by atoms with E-state index in [0.717, 1.165) is 5.01 Å². The fourth-order valence-electron chi connectivity index (χ4n) is 3.16. The van der Waals surface area contributed by atoms with Crippen LogP contribution >= 0.6 is 0 Å². The van der Waals surface area contributed by atoms with Crippen LogP contribution in [0.15, 0.2) is 29.4 Å². The van der Waals surface area contributed by atoms with Crippen LogP contribution in [0.2, 0.25) is 0 Å². The molecule has 9 nitrogen and oxygen atoms in total. The van der Waals surface area contributed by atoms with E-state index in [4.69, 9.17) is 4.74 Å². The Labute approximate surface area is 162 Å². The summed E-state index contributed by atoms with van der Waals surface area (Å²) in [6.07, 6.45) is 0.517. The van der Waals surface area contributed by atoms with Crippen molar-refractivity contribution in [2.75, 3.05) is 23.4 Å². The van der Waals surface area contributed by atoms with Crippen molar-refractivity contribution in [1.29, 1.82) is 0 Å². The van der Waals surface area contributed by atoms with Gasteiger partial charge < -0.3 is 10.1 Å². The third-order valence-electron chi connectivity index (χ3n) is 4.55. The molecule has 0 spiro atoms. The van der Waals surface area contributed by atoms with Gasteiger partial charge in [-0.1, -0.05) is 12.1 Å². The summed E-state index contributed by atoms with van der Waals surface area (Å²) >= 11 is 0. The molecule has 2 aliphatic rings. The van der Waals surface area contributed by atoms with Crippen LogP contribution in [-0.4, -0.2) is 61.1 Å². The number of hydrazone groups is 1. The lowest BCUT2D eigenvalue weighted by molar-refractivity contribution is -0.133. The number of ether oxygens (including phenoxy) is 1. The molecule has 0 aromatic heterocycles. The summed E-state index contributed by atoms with van der Waals surface area (Å²) in [6, 6.07) is 5.88. The smallest absolute Gasteiger partial charge is 0.340 e. The van der Waals surface area contributed by atoms with Gasteiger partial charge in [0.1, 0.15) is 5.71 Å². The van der Waals surface area contributed by atoms with Crippen LogP contribution in [0.4, 0.5) is 5.69 Å². The van der Waals surface area contributed by atoms with Gasteiger partial charge >= 0.3 is 5.97 Å². The third-order valence-corrected chi connectivity index (χ3v) is 6.30. The normalized spacial score (nSPS) is 21.2. The summed E-state index contributed by atoms with van der Waals surface area (Å²) in [7, 11) is -3.19. The molecular formula is C18H21N3O6S. The number of esters is 1. The first-order valence-corrected chi connectivity index (χ1v) is 10.8. The van der Waals surface area contributed by atoms with Crippen LogP contribution in [0.1, 0.15) is 36.5 Å². The molecule has 2 heterocycles. The van der Waals surface area contributed by atoms with Crippen molar-refractivity contribution in [1.82, 2.24) is 5.01 Å². The van der Waals surface area contributed by atoms with Crippen molar-refractivity contribution in [3.05, 3.63) is 29.8 Å². The number of amides is 2. The number of rotatable bonds is 5. The minimum atomic E-state index is -3.19. The van der Waals surface area contributed by atoms with Crippen LogP contribution in [-0.2, 0) is 24.2 Å². The Hall–Kier alpha value is -2.75. The molecule has 1 aromatic carbocycles. The van der Waals surface area contributed by atoms with Crippen LogP contribution in [0, 0.1) is 0 Å². The Morgan fingerprint density at radius 1 is 1.29 bits per heavy atom. The minimum Gasteiger partial charge on any atom is -0.462 e. The molecule has 1 fully saturated rings. The molecule has 0 bridgehead atoms. The van der Waals surface area contributed by atoms with Crippen molar-refractivity contribution >= 4 is 39.0 Å². The number of hydrogen-bond donors (Lipinski definition) is 1. The topological polar surface area (TPSA) is 122 Å². The van der Waals surface area contributed by atoms with Crippen LogP contribution in [0.5, 0.6) is 0 Å². The van der Waals surface area contributed by atoms with E-state index in [9.17, 15) is 22.8 Å². The quantitative estimate of drug-likeness (QED) is 0.726. The van der Waals surface area contributed by atoms with E-state index < -0.39 is 27.8 Å². The SMILES string of the molecule is CCOC(=O)c1ccccc1NC(=O)C1=NN([C@H]2CCS(=O)(=O)C2)C(=O)CC1. The first kappa shape index (κ1) is 20.0. The van der Waals surface area contributed by atoms with Gasteiger partial charge in [0, 0.05) is 12.8 Å². The highest BCUT2D eigenvalue weighted by molar-refractivity contribution is 7.91. The zero-order valence-corrected chi connectivity index (χ0v) is 16.2. The molecule has 1 N–H and O–H groups in total. The maximum Gasteiger partial charge on any atom is 0.340 e. The van der Waals surface area contributed by atoms with Crippen LogP contribution < -0.4 is 5.32 Å². The number of anilines is 1. The van der Waals surface area contributed by atoms with Crippen molar-refractivity contribution < 1.29 is 27.5 Å². The van der Waals surface area contributed by atoms with Gasteiger partial charge in [-0.3, -0.25) is 9.59 Å². The Morgan fingerprint density at radius 3 is 2.71 bits per heavy atom. The maximum atomic E-state index is 12.6. The standard InChI is InChI=1S/C18H21N3O6S/c1-2-27-18(24)13-5-3-4-6-14(13)19-17(23)15-7-8-16(22)21(20-15)12-9-10-28(25,26)11-12/h3-6,12H,2,7-11H2,1H3,(H,19,23)/t12-/m0/s1. The van der Waals surface area contributed by atoms with Gasteiger partial charge in [-0.2, -0.15) is 5.10 Å². The molecule has 2 amide bonds. The number of carbonyl (C=O) groups excluding carboxylic acids is 3. The van der Waals surface area contributed by atoms with Gasteiger partial charge in [0.05, 0.1) is 35.4 Å². The first-order valence-electron chi connectivity index (χ1n) is 8.98. The molecule has 28 heavy (non-hydrogen) atoms. The summed E-state index contributed by atoms with van der Waals surface area (Å²) in [4.78, 5) is 36.8. The second-order valence-corrected chi connectivity index (χ2v) is 8.79. The average molecular weight is 407 g/mol. The molecule has 0 aliphatic carbocycles. The monoisotopic (exact) mass is 407 g/mol. The van der Waals surface area contributed by atoms with Crippen molar-refractivity contribution in [2.24, 2.45) is 5.10 Å². The number of benzene rings is 1. The van der Waals surface area contributed by atoms with E-state index in [0.29, 0.717) is 6.42 Å². The number of para-hydroxylation sites is 1. The lowest BCUT2D eigenvalue weighted by Crippen LogP contribution is -2.42. The summed E-state index contributed by atoms with van der Waals surface area (Å²) in [5.74, 6) is -1.55. The Kier molecular flexibility index (Phi) is 5.78. The van der Waals surface area contributed by atoms with Crippen LogP contribution in [0.25, 0.3) is 0 Å². The molecular weight excluding hydrogens is 386 g/mol. The zero-order chi connectivity index (χ0) is 20.3. The largest absolute Gasteiger partial charge is 0.462 e. The number of carbonyl (C=O) groups is 3. The summed E-state index contributed by atoms with van der Waals surface area (Å²) in [5.41, 5.74) is 0.604. The molecule has 150 valence electrons. The van der Waals surface area contributed by atoms with Gasteiger partial charge in [-0.25, -0.2) is 18.2 Å². The minimum absolute atomic E-state index is 0.00537. The molecule has 1 aromatic rings. The van der Waals surface area contributed by atoms with E-state index in [1.54, 1.807) is 25.1 Å². The highest BCUT2D eigenvalue weighted by Crippen LogP contribution is 2.23. The second-order valence-electron chi connectivity index (χ2n) is 6.56. The third kappa shape index (κ3) is 4.38. The highest BCUT2D eigenvalue weighted by atomic mass is 32.2. The van der Waals surface area contributed by atoms with Gasteiger partial charge in [0.25, 0.3) is 5.91 Å². The van der Waals surface area contributed by atoms with E-state index in [-0.39, 0.29) is 53.8 Å². The van der Waals surface area contributed by atoms with Gasteiger partial charge in [-0.15, -0.1) is 0 Å². The zero-order valence-electron chi connectivity index (χ0n) is 15.4. The Balaban J connectivity index is 1.78. The lowest BCUT2D eigenvalue weighted by Gasteiger charge is -2.27. The van der Waals surface area contributed by atoms with Crippen molar-refractivity contribution in [2.45, 2.75) is 32.2 Å². The Bertz CT molecular complexity index is 940. The predicted molar refractivity (Wildman–Crippen MR) is 102 cm³/mol. The molecule has 10 heteroatoms. The predicted octanol–water partition coefficient (Wildman–Crippen LogP) is 0.967. The van der Waals surface area contributed by atoms with Crippen molar-refractivity contribution in [3.63, 3.8) is 0 Å². The molecule has 0 unspecified atom stereocenters. The number of sulfone groups is 1. The van der Waals surface area contributed by atoms with Crippen molar-refractivity contribution in [3.8, 4) is 0 Å². The van der Waals surface area contributed by atoms with Gasteiger partial charge in [0.2, 0.25) is 5.91 Å². The summed E-state index contributed by atoms with van der Waals surface area (Å²) in [6.45, 7) is 1.89. The molecule has 0 saturated carbocycles. The van der Waals surface area contributed by atoms with Crippen LogP contribution in [0.3, 0.4) is 0 Å². The number of nitrogens with zero attached hydrogens (tertiary/aromatic N) is 2. The van der Waals surface area contributed by atoms with E-state index in [1.165, 1.54) is 6.07 Å². The maximum absolute atomic E-state index is 12.6. The van der Waals surface area contributed by atoms with Gasteiger partial charge in [-0.05, 0) is 25.5 Å². The summed E-state index contributed by atoms with van der Waals surface area (Å²) < 4.78 is 28.4. The average Bonchev–Trinajstić information content (AvgIpc) is 3.02. The number of hydrogen-bond acceptors (Lipinski definition) is 7.